The average Bonchev–Trinajstić information content (AvgIpc) is 3.00. The molecule has 1 aliphatic rings. The van der Waals surface area contributed by atoms with Gasteiger partial charge < -0.3 is 19.1 Å². The number of methoxy groups -OCH3 is 1. The molecule has 1 aliphatic heterocycles. The van der Waals surface area contributed by atoms with Gasteiger partial charge in [-0.05, 0) is 24.4 Å². The van der Waals surface area contributed by atoms with Gasteiger partial charge in [0.25, 0.3) is 0 Å². The molecule has 0 radical (unpaired) electrons. The first kappa shape index (κ1) is 16.2. The fourth-order valence-corrected chi connectivity index (χ4v) is 2.16. The van der Waals surface area contributed by atoms with Crippen LogP contribution in [0, 0.1) is 0 Å². The summed E-state index contributed by atoms with van der Waals surface area (Å²) in [4.78, 5) is 14.5. The third-order valence-corrected chi connectivity index (χ3v) is 3.23. The molecule has 0 atom stereocenters. The fourth-order valence-electron chi connectivity index (χ4n) is 2.01. The topological polar surface area (TPSA) is 69.6 Å². The van der Waals surface area contributed by atoms with Crippen LogP contribution in [0.25, 0.3) is 0 Å². The first-order valence-electron chi connectivity index (χ1n) is 7.15. The minimum absolute atomic E-state index is 0.165. The summed E-state index contributed by atoms with van der Waals surface area (Å²) in [6, 6.07) is 0.272. The van der Waals surface area contributed by atoms with Gasteiger partial charge in [-0.25, -0.2) is 0 Å². The molecule has 118 valence electrons. The summed E-state index contributed by atoms with van der Waals surface area (Å²) < 4.78 is 15.7. The number of hydrogen-bond acceptors (Lipinski definition) is 7. The van der Waals surface area contributed by atoms with Gasteiger partial charge >= 0.3 is 6.01 Å². The molecule has 1 fully saturated rings. The Morgan fingerprint density at radius 2 is 1.86 bits per heavy atom. The lowest BCUT2D eigenvalue weighted by Gasteiger charge is -2.15. The van der Waals surface area contributed by atoms with Crippen molar-refractivity contribution in [1.29, 1.82) is 0 Å². The van der Waals surface area contributed by atoms with E-state index in [1.54, 1.807) is 7.11 Å². The summed E-state index contributed by atoms with van der Waals surface area (Å²) >= 11 is 5.92. The number of ether oxygens (including phenoxy) is 3. The van der Waals surface area contributed by atoms with Crippen molar-refractivity contribution < 1.29 is 14.2 Å². The molecule has 0 aliphatic carbocycles. The highest BCUT2D eigenvalue weighted by Crippen LogP contribution is 2.19. The highest BCUT2D eigenvalue weighted by atomic mass is 35.5. The lowest BCUT2D eigenvalue weighted by atomic mass is 10.4. The SMILES string of the molecule is COCCOCCCOc1nc(Cl)nc(N2CCCC2)n1. The van der Waals surface area contributed by atoms with Crippen molar-refractivity contribution in [3.8, 4) is 6.01 Å². The predicted molar refractivity (Wildman–Crippen MR) is 79.1 cm³/mol. The van der Waals surface area contributed by atoms with E-state index in [2.05, 4.69) is 19.9 Å². The zero-order valence-electron chi connectivity index (χ0n) is 12.3. The highest BCUT2D eigenvalue weighted by Gasteiger charge is 2.17. The molecular weight excluding hydrogens is 296 g/mol. The lowest BCUT2D eigenvalue weighted by molar-refractivity contribution is 0.0639. The van der Waals surface area contributed by atoms with Crippen LogP contribution in [0.15, 0.2) is 0 Å². The van der Waals surface area contributed by atoms with Crippen LogP contribution in [0.5, 0.6) is 6.01 Å². The minimum Gasteiger partial charge on any atom is -0.463 e. The monoisotopic (exact) mass is 316 g/mol. The van der Waals surface area contributed by atoms with E-state index in [1.165, 1.54) is 0 Å². The zero-order valence-corrected chi connectivity index (χ0v) is 13.0. The quantitative estimate of drug-likeness (QED) is 0.640. The second kappa shape index (κ2) is 8.96. The van der Waals surface area contributed by atoms with E-state index < -0.39 is 0 Å². The molecule has 0 bridgehead atoms. The second-order valence-electron chi connectivity index (χ2n) is 4.69. The minimum atomic E-state index is 0.165. The van der Waals surface area contributed by atoms with E-state index >= 15 is 0 Å². The van der Waals surface area contributed by atoms with Crippen molar-refractivity contribution in [1.82, 2.24) is 15.0 Å². The van der Waals surface area contributed by atoms with E-state index in [1.807, 2.05) is 0 Å². The third-order valence-electron chi connectivity index (χ3n) is 3.06. The Labute approximate surface area is 129 Å². The average molecular weight is 317 g/mol. The van der Waals surface area contributed by atoms with E-state index in [0.29, 0.717) is 32.4 Å². The van der Waals surface area contributed by atoms with Crippen LogP contribution in [0.2, 0.25) is 5.28 Å². The molecule has 0 saturated carbocycles. The van der Waals surface area contributed by atoms with Gasteiger partial charge in [0, 0.05) is 33.2 Å². The number of nitrogens with zero attached hydrogens (tertiary/aromatic N) is 4. The molecule has 21 heavy (non-hydrogen) atoms. The standard InChI is InChI=1S/C13H21ClN4O3/c1-19-9-10-20-7-4-8-21-13-16-11(14)15-12(17-13)18-5-2-3-6-18/h2-10H2,1H3. The maximum absolute atomic E-state index is 5.92. The van der Waals surface area contributed by atoms with Gasteiger partial charge in [-0.1, -0.05) is 0 Å². The summed E-state index contributed by atoms with van der Waals surface area (Å²) in [7, 11) is 1.65. The number of aromatic nitrogens is 3. The molecule has 1 aromatic rings. The maximum Gasteiger partial charge on any atom is 0.322 e. The van der Waals surface area contributed by atoms with Crippen molar-refractivity contribution in [2.24, 2.45) is 0 Å². The highest BCUT2D eigenvalue weighted by molar-refractivity contribution is 6.28. The van der Waals surface area contributed by atoms with Crippen LogP contribution in [0.1, 0.15) is 19.3 Å². The van der Waals surface area contributed by atoms with E-state index in [0.717, 1.165) is 32.4 Å². The van der Waals surface area contributed by atoms with Gasteiger partial charge in [0.1, 0.15) is 0 Å². The van der Waals surface area contributed by atoms with Gasteiger partial charge in [0.2, 0.25) is 11.2 Å². The number of rotatable bonds is 9. The van der Waals surface area contributed by atoms with E-state index in [4.69, 9.17) is 25.8 Å². The molecule has 2 heterocycles. The fraction of sp³-hybridized carbons (Fsp3) is 0.769. The van der Waals surface area contributed by atoms with Gasteiger partial charge in [-0.15, -0.1) is 0 Å². The van der Waals surface area contributed by atoms with Gasteiger partial charge in [0.05, 0.1) is 19.8 Å². The summed E-state index contributed by atoms with van der Waals surface area (Å²) in [6.07, 6.45) is 3.06. The Balaban J connectivity index is 1.75. The van der Waals surface area contributed by atoms with Gasteiger partial charge in [0.15, 0.2) is 0 Å². The Morgan fingerprint density at radius 3 is 2.62 bits per heavy atom. The number of halogens is 1. The molecular formula is C13H21ClN4O3. The molecule has 0 N–H and O–H groups in total. The van der Waals surface area contributed by atoms with Crippen LogP contribution >= 0.6 is 11.6 Å². The summed E-state index contributed by atoms with van der Waals surface area (Å²) in [5.41, 5.74) is 0. The smallest absolute Gasteiger partial charge is 0.322 e. The Morgan fingerprint density at radius 1 is 1.05 bits per heavy atom. The Hall–Kier alpha value is -1.18. The van der Waals surface area contributed by atoms with Crippen molar-refractivity contribution in [2.75, 3.05) is 51.5 Å². The number of hydrogen-bond donors (Lipinski definition) is 0. The van der Waals surface area contributed by atoms with Crippen LogP contribution in [-0.4, -0.2) is 61.6 Å². The Kier molecular flexibility index (Phi) is 6.91. The summed E-state index contributed by atoms with van der Waals surface area (Å²) in [5.74, 6) is 0.596. The van der Waals surface area contributed by atoms with E-state index in [9.17, 15) is 0 Å². The van der Waals surface area contributed by atoms with Crippen LogP contribution in [0.3, 0.4) is 0 Å². The molecule has 0 aromatic carbocycles. The molecule has 0 amide bonds. The van der Waals surface area contributed by atoms with Crippen LogP contribution in [0.4, 0.5) is 5.95 Å². The third kappa shape index (κ3) is 5.61. The van der Waals surface area contributed by atoms with E-state index in [-0.39, 0.29) is 11.3 Å². The van der Waals surface area contributed by atoms with Crippen molar-refractivity contribution in [2.45, 2.75) is 19.3 Å². The molecule has 2 rings (SSSR count). The molecule has 1 saturated heterocycles. The van der Waals surface area contributed by atoms with Gasteiger partial charge in [-0.2, -0.15) is 15.0 Å². The predicted octanol–water partition coefficient (Wildman–Crippen LogP) is 1.56. The largest absolute Gasteiger partial charge is 0.463 e. The van der Waals surface area contributed by atoms with Crippen molar-refractivity contribution in [3.05, 3.63) is 5.28 Å². The maximum atomic E-state index is 5.92. The molecule has 1 aromatic heterocycles. The summed E-state index contributed by atoms with van der Waals surface area (Å²) in [5, 5.41) is 0.165. The first-order valence-corrected chi connectivity index (χ1v) is 7.53. The van der Waals surface area contributed by atoms with Gasteiger partial charge in [-0.3, -0.25) is 0 Å². The van der Waals surface area contributed by atoms with Crippen molar-refractivity contribution in [3.63, 3.8) is 0 Å². The lowest BCUT2D eigenvalue weighted by Crippen LogP contribution is -2.21. The molecule has 0 spiro atoms. The van der Waals surface area contributed by atoms with Crippen LogP contribution in [-0.2, 0) is 9.47 Å². The zero-order chi connectivity index (χ0) is 14.9. The normalized spacial score (nSPS) is 14.7. The number of anilines is 1. The molecule has 0 unspecified atom stereocenters. The van der Waals surface area contributed by atoms with Crippen LogP contribution < -0.4 is 9.64 Å². The Bertz CT molecular complexity index is 430. The first-order chi connectivity index (χ1) is 10.3. The summed E-state index contributed by atoms with van der Waals surface area (Å²) in [6.45, 7) is 4.19. The van der Waals surface area contributed by atoms with Crippen molar-refractivity contribution >= 4 is 17.5 Å². The molecule has 7 nitrogen and oxygen atoms in total. The second-order valence-corrected chi connectivity index (χ2v) is 5.03. The molecule has 8 heteroatoms.